The highest BCUT2D eigenvalue weighted by Gasteiger charge is 2.28. The first-order valence-electron chi connectivity index (χ1n) is 10.6. The molecule has 0 spiro atoms. The molecule has 0 radical (unpaired) electrons. The van der Waals surface area contributed by atoms with Crippen LogP contribution in [0.4, 0.5) is 5.82 Å². The Balaban J connectivity index is 1.77. The largest absolute Gasteiger partial charge is 0.369 e. The molecule has 1 atom stereocenters. The van der Waals surface area contributed by atoms with Crippen molar-refractivity contribution in [3.63, 3.8) is 0 Å². The average Bonchev–Trinajstić information content (AvgIpc) is 3.18. The van der Waals surface area contributed by atoms with Crippen molar-refractivity contribution in [2.45, 2.75) is 12.8 Å². The van der Waals surface area contributed by atoms with Crippen molar-refractivity contribution >= 4 is 52.2 Å². The number of hydrogen-bond acceptors (Lipinski definition) is 4. The van der Waals surface area contributed by atoms with E-state index in [1.54, 1.807) is 10.6 Å². The molecule has 6 nitrogen and oxygen atoms in total. The van der Waals surface area contributed by atoms with Crippen LogP contribution in [0.5, 0.6) is 0 Å². The van der Waals surface area contributed by atoms with Gasteiger partial charge in [-0.05, 0) is 36.6 Å². The van der Waals surface area contributed by atoms with Gasteiger partial charge in [-0.1, -0.05) is 65.1 Å². The van der Waals surface area contributed by atoms with E-state index in [9.17, 15) is 4.79 Å². The lowest BCUT2D eigenvalue weighted by molar-refractivity contribution is -0.122. The Bertz CT molecular complexity index is 1350. The van der Waals surface area contributed by atoms with Gasteiger partial charge in [0.2, 0.25) is 5.91 Å². The quantitative estimate of drug-likeness (QED) is 0.363. The number of primary amides is 1. The first-order chi connectivity index (χ1) is 15.9. The Kier molecular flexibility index (Phi) is 5.91. The molecule has 1 fully saturated rings. The van der Waals surface area contributed by atoms with Crippen LogP contribution in [-0.4, -0.2) is 33.6 Å². The molecule has 33 heavy (non-hydrogen) atoms. The number of carbonyl (C=O) groups is 1. The topological polar surface area (TPSA) is 76.5 Å². The fourth-order valence-electron chi connectivity index (χ4n) is 4.34. The standard InChI is InChI=1S/C24H20Cl3N5O/c25-16-9-7-14(8-10-16)21-22(17-5-1-2-6-18(17)26)30-32-20(12-19(27)29-24(21)32)31-11-3-4-15(13-31)23(28)33/h1-2,5-10,12,15H,3-4,11,13H2,(H2,28,33). The zero-order chi connectivity index (χ0) is 23.1. The zero-order valence-corrected chi connectivity index (χ0v) is 19.8. The van der Waals surface area contributed by atoms with Crippen LogP contribution in [-0.2, 0) is 4.79 Å². The smallest absolute Gasteiger partial charge is 0.222 e. The fraction of sp³-hybridized carbons (Fsp3) is 0.208. The maximum Gasteiger partial charge on any atom is 0.222 e. The predicted molar refractivity (Wildman–Crippen MR) is 133 cm³/mol. The first-order valence-corrected chi connectivity index (χ1v) is 11.7. The lowest BCUT2D eigenvalue weighted by Crippen LogP contribution is -2.42. The summed E-state index contributed by atoms with van der Waals surface area (Å²) in [6.07, 6.45) is 1.62. The van der Waals surface area contributed by atoms with Gasteiger partial charge in [-0.3, -0.25) is 4.79 Å². The molecule has 4 aromatic rings. The van der Waals surface area contributed by atoms with Gasteiger partial charge in [0.15, 0.2) is 5.65 Å². The molecule has 3 heterocycles. The third-order valence-electron chi connectivity index (χ3n) is 5.95. The lowest BCUT2D eigenvalue weighted by atomic mass is 9.97. The number of hydrogen-bond donors (Lipinski definition) is 1. The first kappa shape index (κ1) is 22.0. The Morgan fingerprint density at radius 3 is 2.55 bits per heavy atom. The highest BCUT2D eigenvalue weighted by molar-refractivity contribution is 6.33. The number of anilines is 1. The number of benzene rings is 2. The molecule has 2 aromatic heterocycles. The number of carbonyl (C=O) groups excluding carboxylic acids is 1. The van der Waals surface area contributed by atoms with E-state index in [-0.39, 0.29) is 11.8 Å². The van der Waals surface area contributed by atoms with Gasteiger partial charge in [-0.25, -0.2) is 4.98 Å². The lowest BCUT2D eigenvalue weighted by Gasteiger charge is -2.32. The second kappa shape index (κ2) is 8.86. The van der Waals surface area contributed by atoms with E-state index in [0.29, 0.717) is 33.1 Å². The third-order valence-corrected chi connectivity index (χ3v) is 6.72. The van der Waals surface area contributed by atoms with Crippen LogP contribution >= 0.6 is 34.8 Å². The molecule has 168 valence electrons. The molecule has 2 aromatic carbocycles. The van der Waals surface area contributed by atoms with Crippen LogP contribution < -0.4 is 10.6 Å². The van der Waals surface area contributed by atoms with E-state index >= 15 is 0 Å². The number of piperidine rings is 1. The normalized spacial score (nSPS) is 16.3. The molecule has 1 unspecified atom stereocenters. The SMILES string of the molecule is NC(=O)C1CCCN(c2cc(Cl)nc3c(-c4ccc(Cl)cc4)c(-c4ccccc4Cl)nn23)C1. The summed E-state index contributed by atoms with van der Waals surface area (Å²) in [5.74, 6) is 0.231. The summed E-state index contributed by atoms with van der Waals surface area (Å²) in [7, 11) is 0. The molecular weight excluding hydrogens is 481 g/mol. The van der Waals surface area contributed by atoms with Crippen molar-refractivity contribution < 1.29 is 4.79 Å². The highest BCUT2D eigenvalue weighted by Crippen LogP contribution is 2.40. The summed E-state index contributed by atoms with van der Waals surface area (Å²) in [6.45, 7) is 1.26. The number of aromatic nitrogens is 3. The molecular formula is C24H20Cl3N5O. The second-order valence-electron chi connectivity index (χ2n) is 8.07. The van der Waals surface area contributed by atoms with Gasteiger partial charge in [0, 0.05) is 29.7 Å². The number of amides is 1. The van der Waals surface area contributed by atoms with Crippen LogP contribution in [0.1, 0.15) is 12.8 Å². The van der Waals surface area contributed by atoms with Gasteiger partial charge in [-0.15, -0.1) is 0 Å². The maximum absolute atomic E-state index is 11.9. The Morgan fingerprint density at radius 1 is 1.06 bits per heavy atom. The Hall–Kier alpha value is -2.80. The van der Waals surface area contributed by atoms with Gasteiger partial charge in [0.25, 0.3) is 0 Å². The van der Waals surface area contributed by atoms with E-state index in [1.165, 1.54) is 0 Å². The Morgan fingerprint density at radius 2 is 1.82 bits per heavy atom. The number of nitrogens with two attached hydrogens (primary N) is 1. The van der Waals surface area contributed by atoms with Crippen LogP contribution in [0.3, 0.4) is 0 Å². The van der Waals surface area contributed by atoms with E-state index < -0.39 is 0 Å². The molecule has 2 N–H and O–H groups in total. The molecule has 9 heteroatoms. The summed E-state index contributed by atoms with van der Waals surface area (Å²) in [5, 5.41) is 6.49. The molecule has 0 saturated carbocycles. The van der Waals surface area contributed by atoms with E-state index in [2.05, 4.69) is 9.88 Å². The van der Waals surface area contributed by atoms with Gasteiger partial charge in [0.05, 0.1) is 16.5 Å². The molecule has 0 bridgehead atoms. The minimum atomic E-state index is -0.296. The van der Waals surface area contributed by atoms with Crippen molar-refractivity contribution in [1.29, 1.82) is 0 Å². The molecule has 1 amide bonds. The van der Waals surface area contributed by atoms with E-state index in [1.807, 2.05) is 48.5 Å². The van der Waals surface area contributed by atoms with Crippen LogP contribution in [0.25, 0.3) is 28.0 Å². The van der Waals surface area contributed by atoms with Crippen LogP contribution in [0.15, 0.2) is 54.6 Å². The minimum absolute atomic E-state index is 0.227. The monoisotopic (exact) mass is 499 g/mol. The fourth-order valence-corrected chi connectivity index (χ4v) is 4.87. The average molecular weight is 501 g/mol. The predicted octanol–water partition coefficient (Wildman–Crippen LogP) is 5.73. The summed E-state index contributed by atoms with van der Waals surface area (Å²) in [4.78, 5) is 18.6. The molecule has 1 saturated heterocycles. The molecule has 1 aliphatic rings. The number of fused-ring (bicyclic) bond motifs is 1. The van der Waals surface area contributed by atoms with E-state index in [4.69, 9.17) is 45.6 Å². The van der Waals surface area contributed by atoms with Crippen molar-refractivity contribution in [3.8, 4) is 22.4 Å². The summed E-state index contributed by atoms with van der Waals surface area (Å²) >= 11 is 19.2. The van der Waals surface area contributed by atoms with Gasteiger partial charge in [-0.2, -0.15) is 9.61 Å². The maximum atomic E-state index is 11.9. The number of halogens is 3. The third kappa shape index (κ3) is 4.14. The van der Waals surface area contributed by atoms with Crippen molar-refractivity contribution in [2.24, 2.45) is 11.7 Å². The van der Waals surface area contributed by atoms with Crippen LogP contribution in [0.2, 0.25) is 15.2 Å². The van der Waals surface area contributed by atoms with Crippen molar-refractivity contribution in [3.05, 3.63) is 69.8 Å². The summed E-state index contributed by atoms with van der Waals surface area (Å²) in [5.41, 5.74) is 9.35. The Labute approximate surface area is 205 Å². The van der Waals surface area contributed by atoms with Crippen molar-refractivity contribution in [1.82, 2.24) is 14.6 Å². The second-order valence-corrected chi connectivity index (χ2v) is 9.30. The summed E-state index contributed by atoms with van der Waals surface area (Å²) in [6, 6.07) is 16.8. The number of nitrogens with zero attached hydrogens (tertiary/aromatic N) is 4. The molecule has 1 aliphatic heterocycles. The van der Waals surface area contributed by atoms with E-state index in [0.717, 1.165) is 41.9 Å². The van der Waals surface area contributed by atoms with Crippen LogP contribution in [0, 0.1) is 5.92 Å². The highest BCUT2D eigenvalue weighted by atomic mass is 35.5. The van der Waals surface area contributed by atoms with Gasteiger partial charge >= 0.3 is 0 Å². The van der Waals surface area contributed by atoms with Gasteiger partial charge in [0.1, 0.15) is 16.7 Å². The number of rotatable bonds is 4. The molecule has 0 aliphatic carbocycles. The van der Waals surface area contributed by atoms with Gasteiger partial charge < -0.3 is 10.6 Å². The van der Waals surface area contributed by atoms with Crippen molar-refractivity contribution in [2.75, 3.05) is 18.0 Å². The molecule has 5 rings (SSSR count). The zero-order valence-electron chi connectivity index (χ0n) is 17.5. The summed E-state index contributed by atoms with van der Waals surface area (Å²) < 4.78 is 1.78. The minimum Gasteiger partial charge on any atom is -0.369 e.